The van der Waals surface area contributed by atoms with Crippen molar-refractivity contribution in [2.45, 2.75) is 15.8 Å². The van der Waals surface area contributed by atoms with Crippen molar-refractivity contribution in [3.63, 3.8) is 0 Å². The van der Waals surface area contributed by atoms with E-state index in [2.05, 4.69) is 31.9 Å². The molecule has 0 heterocycles. The van der Waals surface area contributed by atoms with Crippen molar-refractivity contribution in [2.24, 2.45) is 0 Å². The molecule has 0 aliphatic rings. The highest BCUT2D eigenvalue weighted by atomic mass is 79.9. The van der Waals surface area contributed by atoms with Crippen LogP contribution in [0.5, 0.6) is 0 Å². The maximum atomic E-state index is 12.3. The zero-order chi connectivity index (χ0) is 12.3. The second-order valence-electron chi connectivity index (χ2n) is 3.05. The summed E-state index contributed by atoms with van der Waals surface area (Å²) in [6, 6.07) is 6.67. The standard InChI is InChI=1S/C10H6Br2F3N/c11-8(5-16)9(12)6-1-3-7(4-2-6)10(13,14)15/h1-4,8-9H. The van der Waals surface area contributed by atoms with E-state index in [0.29, 0.717) is 5.56 Å². The number of nitriles is 1. The number of alkyl halides is 5. The van der Waals surface area contributed by atoms with Crippen molar-refractivity contribution >= 4 is 31.9 Å². The Morgan fingerprint density at radius 2 is 1.62 bits per heavy atom. The molecule has 0 aliphatic heterocycles. The maximum absolute atomic E-state index is 12.3. The van der Waals surface area contributed by atoms with Crippen LogP contribution < -0.4 is 0 Å². The van der Waals surface area contributed by atoms with Crippen LogP contribution in [-0.4, -0.2) is 4.83 Å². The SMILES string of the molecule is N#CC(Br)C(Br)c1ccc(C(F)(F)F)cc1. The predicted molar refractivity (Wildman–Crippen MR) is 61.4 cm³/mol. The molecule has 0 fully saturated rings. The highest BCUT2D eigenvalue weighted by molar-refractivity contribution is 9.12. The number of nitrogens with zero attached hydrogens (tertiary/aromatic N) is 1. The van der Waals surface area contributed by atoms with Gasteiger partial charge in [-0.1, -0.05) is 44.0 Å². The maximum Gasteiger partial charge on any atom is 0.416 e. The summed E-state index contributed by atoms with van der Waals surface area (Å²) in [5.74, 6) is 0. The lowest BCUT2D eigenvalue weighted by Gasteiger charge is -2.12. The van der Waals surface area contributed by atoms with Gasteiger partial charge < -0.3 is 0 Å². The molecule has 0 spiro atoms. The topological polar surface area (TPSA) is 23.8 Å². The van der Waals surface area contributed by atoms with Crippen LogP contribution in [0.25, 0.3) is 0 Å². The van der Waals surface area contributed by atoms with Crippen LogP contribution in [0.1, 0.15) is 16.0 Å². The molecule has 1 nitrogen and oxygen atoms in total. The highest BCUT2D eigenvalue weighted by Crippen LogP contribution is 2.34. The van der Waals surface area contributed by atoms with E-state index in [9.17, 15) is 13.2 Å². The zero-order valence-electron chi connectivity index (χ0n) is 7.80. The largest absolute Gasteiger partial charge is 0.416 e. The summed E-state index contributed by atoms with van der Waals surface area (Å²) in [5, 5.41) is 8.64. The first kappa shape index (κ1) is 13.5. The van der Waals surface area contributed by atoms with Crippen molar-refractivity contribution < 1.29 is 13.2 Å². The summed E-state index contributed by atoms with van der Waals surface area (Å²) in [4.78, 5) is -0.816. The summed E-state index contributed by atoms with van der Waals surface area (Å²) in [6.07, 6.45) is -4.33. The molecule has 86 valence electrons. The van der Waals surface area contributed by atoms with Crippen LogP contribution in [0, 0.1) is 11.3 Å². The van der Waals surface area contributed by atoms with Crippen molar-refractivity contribution in [2.75, 3.05) is 0 Å². The molecule has 0 amide bonds. The number of hydrogen-bond acceptors (Lipinski definition) is 1. The van der Waals surface area contributed by atoms with Crippen LogP contribution in [0.4, 0.5) is 13.2 Å². The molecule has 0 radical (unpaired) electrons. The van der Waals surface area contributed by atoms with E-state index in [0.717, 1.165) is 12.1 Å². The van der Waals surface area contributed by atoms with Crippen LogP contribution in [0.2, 0.25) is 0 Å². The Hall–Kier alpha value is -0.540. The smallest absolute Gasteiger partial charge is 0.197 e. The quantitative estimate of drug-likeness (QED) is 0.719. The molecule has 1 aromatic rings. The van der Waals surface area contributed by atoms with E-state index in [1.54, 1.807) is 0 Å². The fourth-order valence-electron chi connectivity index (χ4n) is 1.09. The van der Waals surface area contributed by atoms with Gasteiger partial charge in [0.15, 0.2) is 0 Å². The zero-order valence-corrected chi connectivity index (χ0v) is 11.0. The van der Waals surface area contributed by atoms with Gasteiger partial charge in [-0.2, -0.15) is 18.4 Å². The molecule has 0 saturated heterocycles. The van der Waals surface area contributed by atoms with Gasteiger partial charge in [0.1, 0.15) is 4.83 Å². The molecule has 2 unspecified atom stereocenters. The summed E-state index contributed by atoms with van der Waals surface area (Å²) in [6.45, 7) is 0. The predicted octanol–water partition coefficient (Wildman–Crippen LogP) is 4.43. The Labute approximate surface area is 108 Å². The number of benzene rings is 1. The molecular formula is C10H6Br2F3N. The third kappa shape index (κ3) is 3.22. The first-order valence-electron chi connectivity index (χ1n) is 4.21. The van der Waals surface area contributed by atoms with Gasteiger partial charge >= 0.3 is 6.18 Å². The third-order valence-corrected chi connectivity index (χ3v) is 4.44. The van der Waals surface area contributed by atoms with E-state index in [1.165, 1.54) is 12.1 Å². The summed E-state index contributed by atoms with van der Waals surface area (Å²) in [5.41, 5.74) is -0.0737. The molecule has 0 N–H and O–H groups in total. The molecule has 0 saturated carbocycles. The second kappa shape index (κ2) is 5.19. The minimum atomic E-state index is -4.33. The van der Waals surface area contributed by atoms with Gasteiger partial charge in [0.25, 0.3) is 0 Å². The average molecular weight is 357 g/mol. The van der Waals surface area contributed by atoms with Gasteiger partial charge in [-0.05, 0) is 17.7 Å². The van der Waals surface area contributed by atoms with Gasteiger partial charge in [-0.15, -0.1) is 0 Å². The van der Waals surface area contributed by atoms with Crippen LogP contribution in [0.15, 0.2) is 24.3 Å². The number of hydrogen-bond donors (Lipinski definition) is 0. The van der Waals surface area contributed by atoms with E-state index >= 15 is 0 Å². The molecule has 0 aliphatic carbocycles. The van der Waals surface area contributed by atoms with E-state index in [4.69, 9.17) is 5.26 Å². The van der Waals surface area contributed by atoms with E-state index in [1.807, 2.05) is 6.07 Å². The van der Waals surface area contributed by atoms with Gasteiger partial charge in [0.2, 0.25) is 0 Å². The fraction of sp³-hybridized carbons (Fsp3) is 0.300. The molecule has 6 heteroatoms. The first-order valence-corrected chi connectivity index (χ1v) is 6.04. The van der Waals surface area contributed by atoms with Crippen molar-refractivity contribution in [1.29, 1.82) is 5.26 Å². The van der Waals surface area contributed by atoms with Gasteiger partial charge in [0.05, 0.1) is 16.5 Å². The van der Waals surface area contributed by atoms with Crippen LogP contribution in [-0.2, 0) is 6.18 Å². The first-order chi connectivity index (χ1) is 7.36. The molecule has 2 atom stereocenters. The lowest BCUT2D eigenvalue weighted by Crippen LogP contribution is -2.07. The van der Waals surface area contributed by atoms with E-state index < -0.39 is 16.6 Å². The fourth-order valence-corrected chi connectivity index (χ4v) is 1.82. The summed E-state index contributed by atoms with van der Waals surface area (Å²) >= 11 is 6.34. The van der Waals surface area contributed by atoms with Crippen molar-refractivity contribution in [3.05, 3.63) is 35.4 Å². The average Bonchev–Trinajstić information content (AvgIpc) is 2.26. The second-order valence-corrected chi connectivity index (χ2v) is 5.03. The molecule has 16 heavy (non-hydrogen) atoms. The van der Waals surface area contributed by atoms with Crippen LogP contribution >= 0.6 is 31.9 Å². The monoisotopic (exact) mass is 355 g/mol. The highest BCUT2D eigenvalue weighted by Gasteiger charge is 2.30. The molecule has 1 aromatic carbocycles. The van der Waals surface area contributed by atoms with Gasteiger partial charge in [-0.3, -0.25) is 0 Å². The molecular weight excluding hydrogens is 351 g/mol. The van der Waals surface area contributed by atoms with E-state index in [-0.39, 0.29) is 4.83 Å². The molecule has 0 bridgehead atoms. The Bertz CT molecular complexity index is 394. The Morgan fingerprint density at radius 1 is 1.12 bits per heavy atom. The molecule has 0 aromatic heterocycles. The molecule has 1 rings (SSSR count). The summed E-state index contributed by atoms with van der Waals surface area (Å²) < 4.78 is 36.8. The Kier molecular flexibility index (Phi) is 4.39. The Morgan fingerprint density at radius 3 is 2.00 bits per heavy atom. The summed E-state index contributed by atoms with van der Waals surface area (Å²) in [7, 11) is 0. The Balaban J connectivity index is 2.92. The van der Waals surface area contributed by atoms with Gasteiger partial charge in [0, 0.05) is 0 Å². The number of halogens is 5. The van der Waals surface area contributed by atoms with Crippen molar-refractivity contribution in [1.82, 2.24) is 0 Å². The van der Waals surface area contributed by atoms with Crippen LogP contribution in [0.3, 0.4) is 0 Å². The minimum Gasteiger partial charge on any atom is -0.197 e. The van der Waals surface area contributed by atoms with Crippen molar-refractivity contribution in [3.8, 4) is 6.07 Å². The normalized spacial score (nSPS) is 15.2. The number of rotatable bonds is 2. The minimum absolute atomic E-state index is 0.334. The lowest BCUT2D eigenvalue weighted by atomic mass is 10.1. The third-order valence-electron chi connectivity index (χ3n) is 1.94. The lowest BCUT2D eigenvalue weighted by molar-refractivity contribution is -0.137. The van der Waals surface area contributed by atoms with Gasteiger partial charge in [-0.25, -0.2) is 0 Å².